The van der Waals surface area contributed by atoms with Crippen LogP contribution in [0.2, 0.25) is 0 Å². The fourth-order valence-corrected chi connectivity index (χ4v) is 3.52. The van der Waals surface area contributed by atoms with E-state index < -0.39 is 11.8 Å². The molecule has 0 fully saturated rings. The molecule has 2 amide bonds. The lowest BCUT2D eigenvalue weighted by molar-refractivity contribution is -0.120. The Hall–Kier alpha value is -3.65. The molecule has 0 aliphatic rings. The van der Waals surface area contributed by atoms with Gasteiger partial charge in [-0.2, -0.15) is 16.4 Å². The molecule has 7 nitrogen and oxygen atoms in total. The molecule has 0 saturated carbocycles. The van der Waals surface area contributed by atoms with Crippen molar-refractivity contribution < 1.29 is 19.1 Å². The third-order valence-electron chi connectivity index (χ3n) is 4.22. The van der Waals surface area contributed by atoms with Crippen molar-refractivity contribution >= 4 is 29.4 Å². The standard InChI is InChI=1S/C22H21N3O4S/c1-28-19-9-8-16(10-20(19)29-2)22(27)23-12-21(26)25-24-11-17-13-30-14-18(17)15-6-4-3-5-7-15/h3-11,13-14H,12H2,1-2H3,(H,23,27)(H,25,26). The molecule has 2 N–H and O–H groups in total. The molecule has 0 radical (unpaired) electrons. The minimum atomic E-state index is -0.434. The Balaban J connectivity index is 1.53. The second-order valence-corrected chi connectivity index (χ2v) is 6.90. The van der Waals surface area contributed by atoms with Crippen molar-refractivity contribution in [3.63, 3.8) is 0 Å². The molecular formula is C22H21N3O4S. The Morgan fingerprint density at radius 2 is 1.80 bits per heavy atom. The molecule has 0 aliphatic heterocycles. The topological polar surface area (TPSA) is 89.0 Å². The molecule has 2 aromatic carbocycles. The van der Waals surface area contributed by atoms with Gasteiger partial charge in [0.2, 0.25) is 0 Å². The van der Waals surface area contributed by atoms with Gasteiger partial charge in [-0.15, -0.1) is 0 Å². The van der Waals surface area contributed by atoms with Crippen molar-refractivity contribution in [2.24, 2.45) is 5.10 Å². The van der Waals surface area contributed by atoms with Crippen LogP contribution in [-0.2, 0) is 4.79 Å². The maximum Gasteiger partial charge on any atom is 0.259 e. The van der Waals surface area contributed by atoms with Gasteiger partial charge in [0, 0.05) is 22.1 Å². The molecule has 30 heavy (non-hydrogen) atoms. The summed E-state index contributed by atoms with van der Waals surface area (Å²) in [5, 5.41) is 10.5. The highest BCUT2D eigenvalue weighted by Gasteiger charge is 2.12. The Morgan fingerprint density at radius 3 is 2.53 bits per heavy atom. The smallest absolute Gasteiger partial charge is 0.259 e. The quantitative estimate of drug-likeness (QED) is 0.430. The van der Waals surface area contributed by atoms with Crippen LogP contribution in [0.3, 0.4) is 0 Å². The van der Waals surface area contributed by atoms with E-state index in [0.717, 1.165) is 16.7 Å². The van der Waals surface area contributed by atoms with Gasteiger partial charge < -0.3 is 14.8 Å². The van der Waals surface area contributed by atoms with Crippen LogP contribution in [0.5, 0.6) is 11.5 Å². The fourth-order valence-electron chi connectivity index (χ4n) is 2.71. The van der Waals surface area contributed by atoms with Gasteiger partial charge in [0.15, 0.2) is 11.5 Å². The number of carbonyl (C=O) groups excluding carboxylic acids is 2. The van der Waals surface area contributed by atoms with Crippen molar-refractivity contribution in [3.8, 4) is 22.6 Å². The van der Waals surface area contributed by atoms with Crippen molar-refractivity contribution in [2.45, 2.75) is 0 Å². The van der Waals surface area contributed by atoms with E-state index >= 15 is 0 Å². The average Bonchev–Trinajstić information content (AvgIpc) is 3.26. The zero-order chi connectivity index (χ0) is 21.3. The Labute approximate surface area is 178 Å². The highest BCUT2D eigenvalue weighted by molar-refractivity contribution is 7.08. The first-order chi connectivity index (χ1) is 14.6. The Kier molecular flexibility index (Phi) is 7.18. The SMILES string of the molecule is COc1ccc(C(=O)NCC(=O)NN=Cc2cscc2-c2ccccc2)cc1OC. The summed E-state index contributed by atoms with van der Waals surface area (Å²) >= 11 is 1.56. The predicted molar refractivity (Wildman–Crippen MR) is 117 cm³/mol. The predicted octanol–water partition coefficient (Wildman–Crippen LogP) is 3.31. The molecule has 0 bridgehead atoms. The number of hydrogen-bond donors (Lipinski definition) is 2. The van der Waals surface area contributed by atoms with Gasteiger partial charge in [0.25, 0.3) is 11.8 Å². The zero-order valence-electron chi connectivity index (χ0n) is 16.5. The lowest BCUT2D eigenvalue weighted by Crippen LogP contribution is -2.34. The maximum absolute atomic E-state index is 12.3. The van der Waals surface area contributed by atoms with Crippen LogP contribution in [0.15, 0.2) is 64.4 Å². The first kappa shape index (κ1) is 21.1. The Bertz CT molecular complexity index is 1050. The summed E-state index contributed by atoms with van der Waals surface area (Å²) in [5.74, 6) is 0.115. The molecule has 1 aromatic heterocycles. The highest BCUT2D eigenvalue weighted by atomic mass is 32.1. The number of amides is 2. The summed E-state index contributed by atoms with van der Waals surface area (Å²) < 4.78 is 10.3. The van der Waals surface area contributed by atoms with Gasteiger partial charge >= 0.3 is 0 Å². The van der Waals surface area contributed by atoms with Gasteiger partial charge in [0.1, 0.15) is 0 Å². The Morgan fingerprint density at radius 1 is 1.03 bits per heavy atom. The van der Waals surface area contributed by atoms with Crippen molar-refractivity contribution in [1.29, 1.82) is 0 Å². The molecular weight excluding hydrogens is 402 g/mol. The first-order valence-electron chi connectivity index (χ1n) is 9.06. The minimum absolute atomic E-state index is 0.209. The molecule has 1 heterocycles. The van der Waals surface area contributed by atoms with Crippen LogP contribution >= 0.6 is 11.3 Å². The average molecular weight is 423 g/mol. The van der Waals surface area contributed by atoms with Crippen LogP contribution in [0.1, 0.15) is 15.9 Å². The molecule has 0 unspecified atom stereocenters. The summed E-state index contributed by atoms with van der Waals surface area (Å²) in [5.41, 5.74) is 5.80. The summed E-state index contributed by atoms with van der Waals surface area (Å²) in [6, 6.07) is 14.7. The summed E-state index contributed by atoms with van der Waals surface area (Å²) in [6.45, 7) is -0.209. The van der Waals surface area contributed by atoms with E-state index in [2.05, 4.69) is 15.8 Å². The van der Waals surface area contributed by atoms with Gasteiger partial charge in [-0.05, 0) is 29.1 Å². The van der Waals surface area contributed by atoms with Crippen LogP contribution in [0.4, 0.5) is 0 Å². The van der Waals surface area contributed by atoms with Crippen LogP contribution in [0, 0.1) is 0 Å². The number of thiophene rings is 1. The second kappa shape index (κ2) is 10.2. The van der Waals surface area contributed by atoms with E-state index in [1.165, 1.54) is 14.2 Å². The van der Waals surface area contributed by atoms with E-state index in [0.29, 0.717) is 17.1 Å². The molecule has 0 aliphatic carbocycles. The van der Waals surface area contributed by atoms with Gasteiger partial charge in [-0.25, -0.2) is 5.43 Å². The van der Waals surface area contributed by atoms with Crippen LogP contribution in [0.25, 0.3) is 11.1 Å². The van der Waals surface area contributed by atoms with Crippen molar-refractivity contribution in [2.75, 3.05) is 20.8 Å². The summed E-state index contributed by atoms with van der Waals surface area (Å²) in [6.07, 6.45) is 1.59. The van der Waals surface area contributed by atoms with Crippen LogP contribution < -0.4 is 20.2 Å². The number of benzene rings is 2. The molecule has 8 heteroatoms. The van der Waals surface area contributed by atoms with E-state index in [1.807, 2.05) is 41.1 Å². The lowest BCUT2D eigenvalue weighted by Gasteiger charge is -2.09. The lowest BCUT2D eigenvalue weighted by atomic mass is 10.1. The number of hydrogen-bond acceptors (Lipinski definition) is 6. The highest BCUT2D eigenvalue weighted by Crippen LogP contribution is 2.27. The molecule has 3 rings (SSSR count). The first-order valence-corrected chi connectivity index (χ1v) is 10.0. The zero-order valence-corrected chi connectivity index (χ0v) is 17.4. The minimum Gasteiger partial charge on any atom is -0.493 e. The molecule has 154 valence electrons. The van der Waals surface area contributed by atoms with Crippen molar-refractivity contribution in [1.82, 2.24) is 10.7 Å². The maximum atomic E-state index is 12.3. The normalized spacial score (nSPS) is 10.6. The summed E-state index contributed by atoms with van der Waals surface area (Å²) in [7, 11) is 3.00. The number of rotatable bonds is 8. The van der Waals surface area contributed by atoms with Crippen molar-refractivity contribution in [3.05, 3.63) is 70.4 Å². The summed E-state index contributed by atoms with van der Waals surface area (Å²) in [4.78, 5) is 24.3. The molecule has 0 saturated heterocycles. The van der Waals surface area contributed by atoms with Gasteiger partial charge in [-0.3, -0.25) is 9.59 Å². The van der Waals surface area contributed by atoms with E-state index in [-0.39, 0.29) is 6.54 Å². The third-order valence-corrected chi connectivity index (χ3v) is 4.99. The fraction of sp³-hybridized carbons (Fsp3) is 0.136. The molecule has 0 atom stereocenters. The monoisotopic (exact) mass is 423 g/mol. The number of ether oxygens (including phenoxy) is 2. The number of methoxy groups -OCH3 is 2. The van der Waals surface area contributed by atoms with Crippen LogP contribution in [-0.4, -0.2) is 38.8 Å². The van der Waals surface area contributed by atoms with Gasteiger partial charge in [-0.1, -0.05) is 30.3 Å². The largest absolute Gasteiger partial charge is 0.493 e. The second-order valence-electron chi connectivity index (χ2n) is 6.15. The number of nitrogens with zero attached hydrogens (tertiary/aromatic N) is 1. The number of hydrazone groups is 1. The van der Waals surface area contributed by atoms with Gasteiger partial charge in [0.05, 0.1) is 27.0 Å². The van der Waals surface area contributed by atoms with E-state index in [1.54, 1.807) is 35.8 Å². The molecule has 3 aromatic rings. The van der Waals surface area contributed by atoms with E-state index in [4.69, 9.17) is 9.47 Å². The third kappa shape index (κ3) is 5.24. The number of carbonyl (C=O) groups is 2. The molecule has 0 spiro atoms. The number of nitrogens with one attached hydrogen (secondary N) is 2. The van der Waals surface area contributed by atoms with E-state index in [9.17, 15) is 9.59 Å².